The molecule has 0 bridgehead atoms. The first-order valence-electron chi connectivity index (χ1n) is 7.00. The largest absolute Gasteiger partial charge is 0.347 e. The van der Waals surface area contributed by atoms with E-state index in [4.69, 9.17) is 0 Å². The number of thiophene rings is 1. The summed E-state index contributed by atoms with van der Waals surface area (Å²) in [4.78, 5) is 2.24. The van der Waals surface area contributed by atoms with Gasteiger partial charge >= 0.3 is 0 Å². The second-order valence-electron chi connectivity index (χ2n) is 5.45. The smallest absolute Gasteiger partial charge is 0.0486 e. The molecule has 2 aromatic heterocycles. The number of hydrogen-bond acceptors (Lipinski definition) is 2. The van der Waals surface area contributed by atoms with E-state index in [2.05, 4.69) is 70.9 Å². The molecule has 0 amide bonds. The molecule has 2 heterocycles. The molecule has 0 N–H and O–H groups in total. The van der Waals surface area contributed by atoms with Crippen LogP contribution in [-0.4, -0.2) is 30.1 Å². The maximum atomic E-state index is 2.37. The van der Waals surface area contributed by atoms with E-state index in [-0.39, 0.29) is 0 Å². The minimum atomic E-state index is 1.08. The lowest BCUT2D eigenvalue weighted by Gasteiger charge is -2.11. The molecule has 3 rings (SSSR count). The molecule has 0 atom stereocenters. The lowest BCUT2D eigenvalue weighted by atomic mass is 10.1. The monoisotopic (exact) mass is 284 g/mol. The van der Waals surface area contributed by atoms with Gasteiger partial charge in [-0.05, 0) is 72.5 Å². The zero-order valence-corrected chi connectivity index (χ0v) is 12.9. The van der Waals surface area contributed by atoms with Crippen LogP contribution in [0.3, 0.4) is 0 Å². The second-order valence-corrected chi connectivity index (χ2v) is 6.23. The van der Waals surface area contributed by atoms with Crippen LogP contribution in [0.2, 0.25) is 0 Å². The molecule has 3 heteroatoms. The van der Waals surface area contributed by atoms with Gasteiger partial charge in [0, 0.05) is 18.3 Å². The fourth-order valence-corrected chi connectivity index (χ4v) is 3.21. The lowest BCUT2D eigenvalue weighted by molar-refractivity contribution is 0.388. The van der Waals surface area contributed by atoms with Gasteiger partial charge in [0.05, 0.1) is 0 Å². The van der Waals surface area contributed by atoms with Crippen LogP contribution in [0, 0.1) is 0 Å². The van der Waals surface area contributed by atoms with Gasteiger partial charge in [0.15, 0.2) is 0 Å². The fourth-order valence-electron chi connectivity index (χ4n) is 2.54. The number of aryl methyl sites for hydroxylation is 1. The van der Waals surface area contributed by atoms with Crippen molar-refractivity contribution in [1.82, 2.24) is 9.47 Å². The highest BCUT2D eigenvalue weighted by molar-refractivity contribution is 7.08. The van der Waals surface area contributed by atoms with Crippen LogP contribution < -0.4 is 0 Å². The quantitative estimate of drug-likeness (QED) is 0.677. The van der Waals surface area contributed by atoms with Crippen LogP contribution in [0.4, 0.5) is 0 Å². The van der Waals surface area contributed by atoms with Crippen molar-refractivity contribution in [1.29, 1.82) is 0 Å². The van der Waals surface area contributed by atoms with Crippen molar-refractivity contribution in [2.24, 2.45) is 0 Å². The van der Waals surface area contributed by atoms with Crippen molar-refractivity contribution in [3.05, 3.63) is 47.3 Å². The van der Waals surface area contributed by atoms with Gasteiger partial charge in [-0.1, -0.05) is 12.1 Å². The molecule has 0 fully saturated rings. The number of fused-ring (bicyclic) bond motifs is 1. The van der Waals surface area contributed by atoms with Crippen LogP contribution in [0.1, 0.15) is 6.42 Å². The van der Waals surface area contributed by atoms with Gasteiger partial charge in [0.25, 0.3) is 0 Å². The van der Waals surface area contributed by atoms with Gasteiger partial charge in [0.1, 0.15) is 0 Å². The van der Waals surface area contributed by atoms with Crippen molar-refractivity contribution in [2.75, 3.05) is 20.6 Å². The van der Waals surface area contributed by atoms with Crippen molar-refractivity contribution in [2.45, 2.75) is 13.0 Å². The lowest BCUT2D eigenvalue weighted by Crippen LogP contribution is -2.14. The number of benzene rings is 1. The zero-order valence-electron chi connectivity index (χ0n) is 12.0. The highest BCUT2D eigenvalue weighted by Crippen LogP contribution is 2.26. The molecule has 0 aliphatic carbocycles. The van der Waals surface area contributed by atoms with E-state index in [1.807, 2.05) is 0 Å². The molecule has 3 aromatic rings. The van der Waals surface area contributed by atoms with E-state index in [0.29, 0.717) is 0 Å². The third kappa shape index (κ3) is 2.79. The highest BCUT2D eigenvalue weighted by atomic mass is 32.1. The first kappa shape index (κ1) is 13.4. The third-order valence-corrected chi connectivity index (χ3v) is 4.32. The van der Waals surface area contributed by atoms with Gasteiger partial charge in [-0.3, -0.25) is 0 Å². The SMILES string of the molecule is CN(C)CCCn1ccc2ccc(-c3ccsc3)cc21. The minimum absolute atomic E-state index is 1.08. The van der Waals surface area contributed by atoms with E-state index in [9.17, 15) is 0 Å². The number of rotatable bonds is 5. The van der Waals surface area contributed by atoms with Gasteiger partial charge in [-0.25, -0.2) is 0 Å². The molecule has 104 valence electrons. The van der Waals surface area contributed by atoms with E-state index in [1.165, 1.54) is 28.5 Å². The Kier molecular flexibility index (Phi) is 3.90. The van der Waals surface area contributed by atoms with Gasteiger partial charge in [-0.15, -0.1) is 0 Å². The first-order valence-corrected chi connectivity index (χ1v) is 7.94. The fraction of sp³-hybridized carbons (Fsp3) is 0.294. The molecule has 2 nitrogen and oxygen atoms in total. The molecule has 1 aromatic carbocycles. The molecule has 0 aliphatic heterocycles. The normalized spacial score (nSPS) is 11.6. The van der Waals surface area contributed by atoms with Gasteiger partial charge in [-0.2, -0.15) is 11.3 Å². The number of nitrogens with zero attached hydrogens (tertiary/aromatic N) is 2. The van der Waals surface area contributed by atoms with Crippen LogP contribution >= 0.6 is 11.3 Å². The minimum Gasteiger partial charge on any atom is -0.347 e. The summed E-state index contributed by atoms with van der Waals surface area (Å²) in [7, 11) is 4.25. The van der Waals surface area contributed by atoms with Crippen molar-refractivity contribution < 1.29 is 0 Å². The third-order valence-electron chi connectivity index (χ3n) is 3.63. The predicted molar refractivity (Wildman–Crippen MR) is 88.4 cm³/mol. The summed E-state index contributed by atoms with van der Waals surface area (Å²) < 4.78 is 2.37. The Morgan fingerprint density at radius 1 is 1.10 bits per heavy atom. The summed E-state index contributed by atoms with van der Waals surface area (Å²) in [6.07, 6.45) is 3.39. The average Bonchev–Trinajstić information content (AvgIpc) is 3.07. The maximum Gasteiger partial charge on any atom is 0.0486 e. The Bertz CT molecular complexity index is 680. The molecule has 20 heavy (non-hydrogen) atoms. The number of hydrogen-bond donors (Lipinski definition) is 0. The Hall–Kier alpha value is -1.58. The maximum absolute atomic E-state index is 2.37. The van der Waals surface area contributed by atoms with Crippen LogP contribution in [0.25, 0.3) is 22.0 Å². The Labute approximate surface area is 124 Å². The molecular formula is C17H20N2S. The van der Waals surface area contributed by atoms with Crippen molar-refractivity contribution >= 4 is 22.2 Å². The molecular weight excluding hydrogens is 264 g/mol. The summed E-state index contributed by atoms with van der Waals surface area (Å²) in [5, 5.41) is 5.67. The second kappa shape index (κ2) is 5.81. The summed E-state index contributed by atoms with van der Waals surface area (Å²) in [5.41, 5.74) is 3.97. The van der Waals surface area contributed by atoms with E-state index in [1.54, 1.807) is 11.3 Å². The molecule has 0 saturated carbocycles. The van der Waals surface area contributed by atoms with Crippen LogP contribution in [0.5, 0.6) is 0 Å². The van der Waals surface area contributed by atoms with E-state index in [0.717, 1.165) is 13.1 Å². The molecule has 0 radical (unpaired) electrons. The average molecular weight is 284 g/mol. The highest BCUT2D eigenvalue weighted by Gasteiger charge is 2.04. The number of aromatic nitrogens is 1. The zero-order chi connectivity index (χ0) is 13.9. The summed E-state index contributed by atoms with van der Waals surface area (Å²) in [6, 6.07) is 11.2. The topological polar surface area (TPSA) is 8.17 Å². The van der Waals surface area contributed by atoms with Crippen molar-refractivity contribution in [3.8, 4) is 11.1 Å². The van der Waals surface area contributed by atoms with Gasteiger partial charge in [0.2, 0.25) is 0 Å². The Balaban J connectivity index is 1.88. The summed E-state index contributed by atoms with van der Waals surface area (Å²) in [5.74, 6) is 0. The Morgan fingerprint density at radius 2 is 2.00 bits per heavy atom. The van der Waals surface area contributed by atoms with Gasteiger partial charge < -0.3 is 9.47 Å². The van der Waals surface area contributed by atoms with Crippen LogP contribution in [-0.2, 0) is 6.54 Å². The Morgan fingerprint density at radius 3 is 2.75 bits per heavy atom. The van der Waals surface area contributed by atoms with E-state index >= 15 is 0 Å². The first-order chi connectivity index (χ1) is 9.74. The summed E-state index contributed by atoms with van der Waals surface area (Å²) >= 11 is 1.75. The molecule has 0 unspecified atom stereocenters. The standard InChI is InChI=1S/C17H20N2S/c1-18(2)8-3-9-19-10-6-14-4-5-15(12-17(14)19)16-7-11-20-13-16/h4-7,10-13H,3,8-9H2,1-2H3. The molecule has 0 aliphatic rings. The molecule has 0 saturated heterocycles. The summed E-state index contributed by atoms with van der Waals surface area (Å²) in [6.45, 7) is 2.21. The molecule has 0 spiro atoms. The van der Waals surface area contributed by atoms with E-state index < -0.39 is 0 Å². The predicted octanol–water partition coefficient (Wildman–Crippen LogP) is 4.32. The van der Waals surface area contributed by atoms with Crippen molar-refractivity contribution in [3.63, 3.8) is 0 Å². The van der Waals surface area contributed by atoms with Crippen LogP contribution in [0.15, 0.2) is 47.3 Å².